The summed E-state index contributed by atoms with van der Waals surface area (Å²) in [4.78, 5) is 17.8. The SMILES string of the molecule is CCOC(=O)N1CCC(NC(N)=NCCCc2cccc(Br)c2)CC1.I. The highest BCUT2D eigenvalue weighted by atomic mass is 127. The number of aliphatic imine (C=N–C) groups is 1. The summed E-state index contributed by atoms with van der Waals surface area (Å²) in [5, 5.41) is 3.26. The third-order valence-electron chi connectivity index (χ3n) is 4.17. The summed E-state index contributed by atoms with van der Waals surface area (Å²) in [5.74, 6) is 0.490. The van der Waals surface area contributed by atoms with Crippen LogP contribution in [0.1, 0.15) is 31.7 Å². The monoisotopic (exact) mass is 538 g/mol. The molecule has 1 aromatic carbocycles. The number of hydrogen-bond acceptors (Lipinski definition) is 3. The molecule has 146 valence electrons. The normalized spacial score (nSPS) is 15.3. The van der Waals surface area contributed by atoms with Crippen LogP contribution >= 0.6 is 39.9 Å². The van der Waals surface area contributed by atoms with Crippen molar-refractivity contribution >= 4 is 52.0 Å². The molecule has 0 aliphatic carbocycles. The number of carbonyl (C=O) groups is 1. The minimum atomic E-state index is -0.227. The molecule has 0 saturated carbocycles. The van der Waals surface area contributed by atoms with E-state index < -0.39 is 0 Å². The van der Waals surface area contributed by atoms with Gasteiger partial charge in [0.15, 0.2) is 5.96 Å². The summed E-state index contributed by atoms with van der Waals surface area (Å²) in [5.41, 5.74) is 7.27. The minimum Gasteiger partial charge on any atom is -0.450 e. The lowest BCUT2D eigenvalue weighted by Gasteiger charge is -2.31. The van der Waals surface area contributed by atoms with E-state index in [1.54, 1.807) is 4.90 Å². The molecule has 2 rings (SSSR count). The van der Waals surface area contributed by atoms with E-state index in [4.69, 9.17) is 10.5 Å². The molecule has 1 aliphatic heterocycles. The molecule has 1 aliphatic rings. The molecule has 26 heavy (non-hydrogen) atoms. The number of carbonyl (C=O) groups excluding carboxylic acids is 1. The van der Waals surface area contributed by atoms with Gasteiger partial charge in [0.05, 0.1) is 6.61 Å². The Bertz CT molecular complexity index is 592. The van der Waals surface area contributed by atoms with Crippen LogP contribution in [0.5, 0.6) is 0 Å². The van der Waals surface area contributed by atoms with Crippen molar-refractivity contribution in [1.29, 1.82) is 0 Å². The van der Waals surface area contributed by atoms with Gasteiger partial charge < -0.3 is 20.7 Å². The second-order valence-corrected chi connectivity index (χ2v) is 7.02. The van der Waals surface area contributed by atoms with Crippen LogP contribution < -0.4 is 11.1 Å². The first-order valence-corrected chi connectivity index (χ1v) is 9.60. The van der Waals surface area contributed by atoms with E-state index in [1.807, 2.05) is 19.1 Å². The molecule has 1 heterocycles. The molecule has 1 fully saturated rings. The van der Waals surface area contributed by atoms with Crippen LogP contribution in [0.4, 0.5) is 4.79 Å². The molecule has 3 N–H and O–H groups in total. The summed E-state index contributed by atoms with van der Waals surface area (Å²) >= 11 is 3.48. The highest BCUT2D eigenvalue weighted by molar-refractivity contribution is 14.0. The van der Waals surface area contributed by atoms with Crippen molar-refractivity contribution in [2.75, 3.05) is 26.2 Å². The smallest absolute Gasteiger partial charge is 0.409 e. The Morgan fingerprint density at radius 1 is 1.42 bits per heavy atom. The maximum absolute atomic E-state index is 11.7. The molecular weight excluding hydrogens is 511 g/mol. The van der Waals surface area contributed by atoms with Crippen molar-refractivity contribution in [3.63, 3.8) is 0 Å². The molecular formula is C18H28BrIN4O2. The van der Waals surface area contributed by atoms with Crippen LogP contribution in [-0.2, 0) is 11.2 Å². The average molecular weight is 539 g/mol. The van der Waals surface area contributed by atoms with Crippen molar-refractivity contribution in [2.24, 2.45) is 10.7 Å². The standard InChI is InChI=1S/C18H27BrN4O2.HI/c1-2-25-18(24)23-11-8-16(9-12-23)22-17(20)21-10-4-6-14-5-3-7-15(19)13-14;/h3,5,7,13,16H,2,4,6,8-12H2,1H3,(H3,20,21,22);1H. The Hall–Kier alpha value is -1.03. The Balaban J connectivity index is 0.00000338. The van der Waals surface area contributed by atoms with E-state index in [1.165, 1.54) is 5.56 Å². The molecule has 6 nitrogen and oxygen atoms in total. The van der Waals surface area contributed by atoms with E-state index in [-0.39, 0.29) is 36.1 Å². The van der Waals surface area contributed by atoms with Gasteiger partial charge in [-0.1, -0.05) is 28.1 Å². The van der Waals surface area contributed by atoms with E-state index >= 15 is 0 Å². The van der Waals surface area contributed by atoms with Crippen molar-refractivity contribution < 1.29 is 9.53 Å². The maximum Gasteiger partial charge on any atom is 0.409 e. The third-order valence-corrected chi connectivity index (χ3v) is 4.66. The molecule has 1 saturated heterocycles. The van der Waals surface area contributed by atoms with Crippen molar-refractivity contribution in [1.82, 2.24) is 10.2 Å². The molecule has 0 radical (unpaired) electrons. The Labute approximate surface area is 181 Å². The number of likely N-dealkylation sites (tertiary alicyclic amines) is 1. The van der Waals surface area contributed by atoms with Crippen molar-refractivity contribution in [2.45, 2.75) is 38.6 Å². The predicted molar refractivity (Wildman–Crippen MR) is 119 cm³/mol. The van der Waals surface area contributed by atoms with Crippen LogP contribution in [0.3, 0.4) is 0 Å². The average Bonchev–Trinajstić information content (AvgIpc) is 2.60. The second-order valence-electron chi connectivity index (χ2n) is 6.11. The number of amides is 1. The molecule has 1 amide bonds. The molecule has 0 aromatic heterocycles. The number of benzene rings is 1. The molecule has 0 unspecified atom stereocenters. The van der Waals surface area contributed by atoms with Gasteiger partial charge in [0.25, 0.3) is 0 Å². The first kappa shape index (κ1) is 23.0. The highest BCUT2D eigenvalue weighted by Crippen LogP contribution is 2.13. The van der Waals surface area contributed by atoms with Crippen molar-refractivity contribution in [3.05, 3.63) is 34.3 Å². The Kier molecular flexibility index (Phi) is 11.0. The molecule has 0 spiro atoms. The second kappa shape index (κ2) is 12.4. The number of rotatable bonds is 6. The van der Waals surface area contributed by atoms with Gasteiger partial charge in [0.1, 0.15) is 0 Å². The largest absolute Gasteiger partial charge is 0.450 e. The van der Waals surface area contributed by atoms with Gasteiger partial charge >= 0.3 is 6.09 Å². The van der Waals surface area contributed by atoms with Gasteiger partial charge in [-0.05, 0) is 50.3 Å². The van der Waals surface area contributed by atoms with Crippen LogP contribution in [0.25, 0.3) is 0 Å². The number of guanidine groups is 1. The summed E-state index contributed by atoms with van der Waals surface area (Å²) in [6, 6.07) is 8.58. The van der Waals surface area contributed by atoms with Crippen LogP contribution in [0.2, 0.25) is 0 Å². The van der Waals surface area contributed by atoms with Gasteiger partial charge in [-0.25, -0.2) is 4.79 Å². The fourth-order valence-electron chi connectivity index (χ4n) is 2.85. The summed E-state index contributed by atoms with van der Waals surface area (Å²) in [7, 11) is 0. The zero-order chi connectivity index (χ0) is 18.1. The molecule has 0 atom stereocenters. The summed E-state index contributed by atoms with van der Waals surface area (Å²) in [6.07, 6.45) is 3.42. The number of hydrogen-bond donors (Lipinski definition) is 2. The number of nitrogens with zero attached hydrogens (tertiary/aromatic N) is 2. The first-order valence-electron chi connectivity index (χ1n) is 8.81. The molecule has 0 bridgehead atoms. The first-order chi connectivity index (χ1) is 12.1. The van der Waals surface area contributed by atoms with Gasteiger partial charge in [0.2, 0.25) is 0 Å². The number of nitrogens with one attached hydrogen (secondary N) is 1. The minimum absolute atomic E-state index is 0. The summed E-state index contributed by atoms with van der Waals surface area (Å²) in [6.45, 7) is 4.31. The Morgan fingerprint density at radius 2 is 2.15 bits per heavy atom. The van der Waals surface area contributed by atoms with Crippen LogP contribution in [0, 0.1) is 0 Å². The van der Waals surface area contributed by atoms with Gasteiger partial charge in [-0.3, -0.25) is 4.99 Å². The lowest BCUT2D eigenvalue weighted by atomic mass is 10.1. The number of aryl methyl sites for hydroxylation is 1. The fourth-order valence-corrected chi connectivity index (χ4v) is 3.30. The number of piperidine rings is 1. The topological polar surface area (TPSA) is 80.0 Å². The quantitative estimate of drug-likeness (QED) is 0.251. The Morgan fingerprint density at radius 3 is 2.81 bits per heavy atom. The number of halogens is 2. The molecule has 8 heteroatoms. The number of ether oxygens (including phenoxy) is 1. The zero-order valence-corrected chi connectivity index (χ0v) is 19.0. The van der Waals surface area contributed by atoms with Crippen molar-refractivity contribution in [3.8, 4) is 0 Å². The number of nitrogens with two attached hydrogens (primary N) is 1. The summed E-state index contributed by atoms with van der Waals surface area (Å²) < 4.78 is 6.12. The van der Waals surface area contributed by atoms with Crippen LogP contribution in [-0.4, -0.2) is 49.2 Å². The van der Waals surface area contributed by atoms with Gasteiger partial charge in [-0.15, -0.1) is 24.0 Å². The highest BCUT2D eigenvalue weighted by Gasteiger charge is 2.23. The van der Waals surface area contributed by atoms with Gasteiger partial charge in [0, 0.05) is 30.1 Å². The zero-order valence-electron chi connectivity index (χ0n) is 15.1. The lowest BCUT2D eigenvalue weighted by Crippen LogP contribution is -2.48. The van der Waals surface area contributed by atoms with Crippen LogP contribution in [0.15, 0.2) is 33.7 Å². The van der Waals surface area contributed by atoms with E-state index in [0.29, 0.717) is 32.2 Å². The van der Waals surface area contributed by atoms with Gasteiger partial charge in [-0.2, -0.15) is 0 Å². The predicted octanol–water partition coefficient (Wildman–Crippen LogP) is 3.52. The third kappa shape index (κ3) is 8.11. The fraction of sp³-hybridized carbons (Fsp3) is 0.556. The molecule has 1 aromatic rings. The maximum atomic E-state index is 11.7. The lowest BCUT2D eigenvalue weighted by molar-refractivity contribution is 0.0963. The van der Waals surface area contributed by atoms with E-state index in [0.717, 1.165) is 30.2 Å². The van der Waals surface area contributed by atoms with E-state index in [2.05, 4.69) is 38.4 Å². The van der Waals surface area contributed by atoms with E-state index in [9.17, 15) is 4.79 Å².